The van der Waals surface area contributed by atoms with E-state index in [1.807, 2.05) is 0 Å². The SMILES string of the molecule is N#Cc1c(C(F)F)cc(CC(=O)O)nc1Br. The molecule has 0 spiro atoms. The van der Waals surface area contributed by atoms with Crippen molar-refractivity contribution in [2.75, 3.05) is 0 Å². The Labute approximate surface area is 97.7 Å². The molecule has 0 saturated carbocycles. The molecule has 0 aliphatic heterocycles. The van der Waals surface area contributed by atoms with Crippen LogP contribution in [-0.2, 0) is 11.2 Å². The summed E-state index contributed by atoms with van der Waals surface area (Å²) in [6.45, 7) is 0. The van der Waals surface area contributed by atoms with Crippen LogP contribution in [0.1, 0.15) is 23.2 Å². The van der Waals surface area contributed by atoms with Crippen molar-refractivity contribution in [3.63, 3.8) is 0 Å². The van der Waals surface area contributed by atoms with E-state index >= 15 is 0 Å². The summed E-state index contributed by atoms with van der Waals surface area (Å²) >= 11 is 2.86. The third-order valence-electron chi connectivity index (χ3n) is 1.74. The molecule has 7 heteroatoms. The van der Waals surface area contributed by atoms with E-state index in [0.717, 1.165) is 6.07 Å². The molecule has 16 heavy (non-hydrogen) atoms. The fraction of sp³-hybridized carbons (Fsp3) is 0.222. The quantitative estimate of drug-likeness (QED) is 0.867. The summed E-state index contributed by atoms with van der Waals surface area (Å²) in [7, 11) is 0. The Balaban J connectivity index is 3.29. The van der Waals surface area contributed by atoms with Gasteiger partial charge in [0, 0.05) is 5.56 Å². The van der Waals surface area contributed by atoms with Gasteiger partial charge in [-0.1, -0.05) is 0 Å². The molecule has 0 aliphatic rings. The van der Waals surface area contributed by atoms with Crippen LogP contribution in [0.5, 0.6) is 0 Å². The van der Waals surface area contributed by atoms with E-state index in [2.05, 4.69) is 20.9 Å². The molecular formula is C9H5BrF2N2O2. The van der Waals surface area contributed by atoms with Crippen LogP contribution in [0, 0.1) is 11.3 Å². The average Bonchev–Trinajstić information content (AvgIpc) is 2.15. The van der Waals surface area contributed by atoms with E-state index in [4.69, 9.17) is 10.4 Å². The maximum absolute atomic E-state index is 12.6. The highest BCUT2D eigenvalue weighted by Crippen LogP contribution is 2.27. The van der Waals surface area contributed by atoms with Crippen molar-refractivity contribution in [2.45, 2.75) is 12.8 Å². The van der Waals surface area contributed by atoms with Gasteiger partial charge in [-0.2, -0.15) is 5.26 Å². The number of pyridine rings is 1. The third-order valence-corrected chi connectivity index (χ3v) is 2.31. The van der Waals surface area contributed by atoms with Crippen LogP contribution in [-0.4, -0.2) is 16.1 Å². The fourth-order valence-electron chi connectivity index (χ4n) is 1.11. The van der Waals surface area contributed by atoms with Crippen LogP contribution in [0.15, 0.2) is 10.7 Å². The number of alkyl halides is 2. The maximum atomic E-state index is 12.6. The number of halogens is 3. The zero-order valence-electron chi connectivity index (χ0n) is 7.75. The summed E-state index contributed by atoms with van der Waals surface area (Å²) in [6, 6.07) is 2.52. The normalized spacial score (nSPS) is 10.2. The summed E-state index contributed by atoms with van der Waals surface area (Å²) in [4.78, 5) is 14.1. The minimum absolute atomic E-state index is 0.0197. The molecule has 1 heterocycles. The lowest BCUT2D eigenvalue weighted by atomic mass is 10.1. The molecule has 1 rings (SSSR count). The number of nitrogens with zero attached hydrogens (tertiary/aromatic N) is 2. The summed E-state index contributed by atoms with van der Waals surface area (Å²) in [5.41, 5.74) is -0.807. The van der Waals surface area contributed by atoms with Gasteiger partial charge < -0.3 is 5.11 Å². The van der Waals surface area contributed by atoms with E-state index in [0.29, 0.717) is 0 Å². The summed E-state index contributed by atoms with van der Waals surface area (Å²) < 4.78 is 25.1. The standard InChI is InChI=1S/C9H5BrF2N2O2/c10-8-6(3-13)5(9(11)12)1-4(14-8)2-7(15)16/h1,9H,2H2,(H,15,16). The molecular weight excluding hydrogens is 286 g/mol. The summed E-state index contributed by atoms with van der Waals surface area (Å²) in [5, 5.41) is 17.2. The summed E-state index contributed by atoms with van der Waals surface area (Å²) in [5.74, 6) is -1.18. The zero-order chi connectivity index (χ0) is 12.3. The third kappa shape index (κ3) is 2.73. The van der Waals surface area contributed by atoms with Gasteiger partial charge >= 0.3 is 5.97 Å². The first-order valence-electron chi connectivity index (χ1n) is 4.05. The molecule has 0 atom stereocenters. The Hall–Kier alpha value is -1.55. The van der Waals surface area contributed by atoms with Crippen LogP contribution < -0.4 is 0 Å². The van der Waals surface area contributed by atoms with Gasteiger partial charge in [-0.3, -0.25) is 4.79 Å². The van der Waals surface area contributed by atoms with Crippen molar-refractivity contribution in [3.8, 4) is 6.07 Å². The van der Waals surface area contributed by atoms with Crippen LogP contribution in [0.4, 0.5) is 8.78 Å². The molecule has 1 N–H and O–H groups in total. The number of aromatic nitrogens is 1. The van der Waals surface area contributed by atoms with Crippen molar-refractivity contribution < 1.29 is 18.7 Å². The molecule has 0 saturated heterocycles. The first kappa shape index (κ1) is 12.5. The van der Waals surface area contributed by atoms with Gasteiger partial charge in [0.05, 0.1) is 17.7 Å². The van der Waals surface area contributed by atoms with Crippen molar-refractivity contribution in [2.24, 2.45) is 0 Å². The molecule has 1 aromatic rings. The number of carbonyl (C=O) groups is 1. The zero-order valence-corrected chi connectivity index (χ0v) is 9.33. The second-order valence-electron chi connectivity index (χ2n) is 2.85. The maximum Gasteiger partial charge on any atom is 0.309 e. The number of rotatable bonds is 3. The number of carboxylic acids is 1. The number of carboxylic acid groups (broad SMARTS) is 1. The smallest absolute Gasteiger partial charge is 0.309 e. The van der Waals surface area contributed by atoms with Crippen LogP contribution >= 0.6 is 15.9 Å². The molecule has 0 fully saturated rings. The topological polar surface area (TPSA) is 74.0 Å². The van der Waals surface area contributed by atoms with E-state index < -0.39 is 24.4 Å². The van der Waals surface area contributed by atoms with E-state index in [1.54, 1.807) is 6.07 Å². The van der Waals surface area contributed by atoms with Gasteiger partial charge in [0.15, 0.2) is 0 Å². The molecule has 0 amide bonds. The molecule has 0 aromatic carbocycles. The molecule has 1 aromatic heterocycles. The van der Waals surface area contributed by atoms with Crippen LogP contribution in [0.25, 0.3) is 0 Å². The first-order valence-corrected chi connectivity index (χ1v) is 4.84. The van der Waals surface area contributed by atoms with Gasteiger partial charge in [-0.25, -0.2) is 13.8 Å². The first-order chi connectivity index (χ1) is 7.45. The number of nitriles is 1. The molecule has 84 valence electrons. The Morgan fingerprint density at radius 2 is 2.31 bits per heavy atom. The Morgan fingerprint density at radius 3 is 2.75 bits per heavy atom. The highest BCUT2D eigenvalue weighted by molar-refractivity contribution is 9.10. The van der Waals surface area contributed by atoms with Crippen molar-refractivity contribution in [1.29, 1.82) is 5.26 Å². The lowest BCUT2D eigenvalue weighted by Crippen LogP contribution is -2.05. The average molecular weight is 291 g/mol. The molecule has 0 bridgehead atoms. The van der Waals surface area contributed by atoms with Crippen LogP contribution in [0.2, 0.25) is 0 Å². The monoisotopic (exact) mass is 290 g/mol. The predicted molar refractivity (Wildman–Crippen MR) is 52.9 cm³/mol. The Bertz CT molecular complexity index is 471. The number of hydrogen-bond donors (Lipinski definition) is 1. The van der Waals surface area contributed by atoms with Crippen molar-refractivity contribution >= 4 is 21.9 Å². The lowest BCUT2D eigenvalue weighted by Gasteiger charge is -2.06. The number of hydrogen-bond acceptors (Lipinski definition) is 3. The predicted octanol–water partition coefficient (Wildman–Crippen LogP) is 2.28. The Kier molecular flexibility index (Phi) is 3.90. The van der Waals surface area contributed by atoms with Gasteiger partial charge in [-0.05, 0) is 22.0 Å². The largest absolute Gasteiger partial charge is 0.481 e. The highest BCUT2D eigenvalue weighted by atomic mass is 79.9. The van der Waals surface area contributed by atoms with Gasteiger partial charge in [-0.15, -0.1) is 0 Å². The molecule has 0 radical (unpaired) electrons. The second-order valence-corrected chi connectivity index (χ2v) is 3.60. The molecule has 0 aliphatic carbocycles. The van der Waals surface area contributed by atoms with E-state index in [9.17, 15) is 13.6 Å². The fourth-order valence-corrected chi connectivity index (χ4v) is 1.66. The Morgan fingerprint density at radius 1 is 1.69 bits per heavy atom. The minimum Gasteiger partial charge on any atom is -0.481 e. The van der Waals surface area contributed by atoms with E-state index in [-0.39, 0.29) is 15.9 Å². The minimum atomic E-state index is -2.85. The molecule has 4 nitrogen and oxygen atoms in total. The number of aliphatic carboxylic acids is 1. The highest BCUT2D eigenvalue weighted by Gasteiger charge is 2.18. The van der Waals surface area contributed by atoms with Gasteiger partial charge in [0.25, 0.3) is 6.43 Å². The lowest BCUT2D eigenvalue weighted by molar-refractivity contribution is -0.136. The second kappa shape index (κ2) is 4.99. The van der Waals surface area contributed by atoms with Crippen LogP contribution in [0.3, 0.4) is 0 Å². The summed E-state index contributed by atoms with van der Waals surface area (Å²) in [6.07, 6.45) is -3.31. The van der Waals surface area contributed by atoms with Gasteiger partial charge in [0.2, 0.25) is 0 Å². The van der Waals surface area contributed by atoms with E-state index in [1.165, 1.54) is 0 Å². The van der Waals surface area contributed by atoms with Crippen molar-refractivity contribution in [1.82, 2.24) is 4.98 Å². The van der Waals surface area contributed by atoms with Crippen molar-refractivity contribution in [3.05, 3.63) is 27.5 Å². The van der Waals surface area contributed by atoms with Gasteiger partial charge in [0.1, 0.15) is 10.7 Å². The molecule has 0 unspecified atom stereocenters.